The third-order valence-corrected chi connectivity index (χ3v) is 3.80. The Labute approximate surface area is 142 Å². The molecule has 0 N–H and O–H groups in total. The van der Waals surface area contributed by atoms with Crippen LogP contribution < -0.4 is 4.74 Å². The van der Waals surface area contributed by atoms with Crippen LogP contribution in [0.4, 0.5) is 4.39 Å². The molecule has 3 aromatic carbocycles. The van der Waals surface area contributed by atoms with Crippen LogP contribution in [0.25, 0.3) is 22.2 Å². The number of esters is 1. The van der Waals surface area contributed by atoms with E-state index in [2.05, 4.69) is 5.16 Å². The minimum absolute atomic E-state index is 0.120. The van der Waals surface area contributed by atoms with Gasteiger partial charge in [-0.3, -0.25) is 0 Å². The molecule has 0 atom stereocenters. The summed E-state index contributed by atoms with van der Waals surface area (Å²) in [5.74, 6) is -1.13. The third-order valence-electron chi connectivity index (χ3n) is 3.80. The first-order valence-electron chi connectivity index (χ1n) is 7.64. The largest absolute Gasteiger partial charge is 0.423 e. The van der Waals surface area contributed by atoms with Gasteiger partial charge in [-0.15, -0.1) is 0 Å². The molecule has 0 aliphatic heterocycles. The van der Waals surface area contributed by atoms with Crippen LogP contribution in [0.15, 0.2) is 77.3 Å². The molecule has 1 aromatic heterocycles. The van der Waals surface area contributed by atoms with Gasteiger partial charge >= 0.3 is 5.97 Å². The Bertz CT molecular complexity index is 1060. The van der Waals surface area contributed by atoms with Gasteiger partial charge < -0.3 is 9.26 Å². The number of rotatable bonds is 3. The lowest BCUT2D eigenvalue weighted by Gasteiger charge is -2.05. The number of benzene rings is 3. The van der Waals surface area contributed by atoms with Gasteiger partial charge in [-0.2, -0.15) is 0 Å². The van der Waals surface area contributed by atoms with Crippen molar-refractivity contribution in [2.24, 2.45) is 0 Å². The average Bonchev–Trinajstić information content (AvgIpc) is 3.06. The molecule has 0 amide bonds. The molecule has 4 rings (SSSR count). The molecule has 0 saturated heterocycles. The topological polar surface area (TPSA) is 52.3 Å². The quantitative estimate of drug-likeness (QED) is 0.397. The molecule has 25 heavy (non-hydrogen) atoms. The molecule has 0 spiro atoms. The highest BCUT2D eigenvalue weighted by atomic mass is 19.1. The number of hydrogen-bond acceptors (Lipinski definition) is 4. The third kappa shape index (κ3) is 2.87. The van der Waals surface area contributed by atoms with Gasteiger partial charge in [0.05, 0.1) is 5.56 Å². The van der Waals surface area contributed by atoms with E-state index in [1.54, 1.807) is 24.3 Å². The second-order valence-electron chi connectivity index (χ2n) is 5.42. The Balaban J connectivity index is 1.65. The van der Waals surface area contributed by atoms with Crippen LogP contribution in [0.1, 0.15) is 10.4 Å². The summed E-state index contributed by atoms with van der Waals surface area (Å²) in [6, 6.07) is 20.2. The lowest BCUT2D eigenvalue weighted by atomic mass is 10.1. The molecule has 122 valence electrons. The molecule has 4 aromatic rings. The SMILES string of the molecule is O=C(Oc1ccc2c(-c3ccccc3)noc2c1)c1ccccc1F. The van der Waals surface area contributed by atoms with Gasteiger partial charge in [0.15, 0.2) is 5.58 Å². The number of aromatic nitrogens is 1. The number of halogens is 1. The predicted molar refractivity (Wildman–Crippen MR) is 90.8 cm³/mol. The fourth-order valence-corrected chi connectivity index (χ4v) is 2.57. The number of hydrogen-bond donors (Lipinski definition) is 0. The Hall–Kier alpha value is -3.47. The molecule has 0 saturated carbocycles. The Morgan fingerprint density at radius 3 is 2.52 bits per heavy atom. The standard InChI is InChI=1S/C20H12FNO3/c21-17-9-5-4-8-15(17)20(23)24-14-10-11-16-18(12-14)25-22-19(16)13-6-2-1-3-7-13/h1-12H. The maximum atomic E-state index is 13.7. The summed E-state index contributed by atoms with van der Waals surface area (Å²) in [4.78, 5) is 12.1. The maximum absolute atomic E-state index is 13.7. The molecular formula is C20H12FNO3. The maximum Gasteiger partial charge on any atom is 0.346 e. The lowest BCUT2D eigenvalue weighted by Crippen LogP contribution is -2.10. The second-order valence-corrected chi connectivity index (χ2v) is 5.42. The number of fused-ring (bicyclic) bond motifs is 1. The molecule has 5 heteroatoms. The molecule has 0 bridgehead atoms. The van der Waals surface area contributed by atoms with Crippen LogP contribution >= 0.6 is 0 Å². The normalized spacial score (nSPS) is 10.8. The van der Waals surface area contributed by atoms with Gasteiger partial charge in [0.25, 0.3) is 0 Å². The molecule has 0 aliphatic rings. The first-order chi connectivity index (χ1) is 12.2. The van der Waals surface area contributed by atoms with Crippen LogP contribution in [-0.4, -0.2) is 11.1 Å². The van der Waals surface area contributed by atoms with Crippen molar-refractivity contribution in [3.63, 3.8) is 0 Å². The van der Waals surface area contributed by atoms with Crippen molar-refractivity contribution in [1.29, 1.82) is 0 Å². The molecular weight excluding hydrogens is 321 g/mol. The zero-order valence-electron chi connectivity index (χ0n) is 13.0. The van der Waals surface area contributed by atoms with E-state index in [1.807, 2.05) is 30.3 Å². The monoisotopic (exact) mass is 333 g/mol. The van der Waals surface area contributed by atoms with Crippen LogP contribution in [0, 0.1) is 5.82 Å². The van der Waals surface area contributed by atoms with Gasteiger partial charge in [-0.05, 0) is 24.3 Å². The van der Waals surface area contributed by atoms with E-state index in [9.17, 15) is 9.18 Å². The van der Waals surface area contributed by atoms with Gasteiger partial charge in [0.2, 0.25) is 0 Å². The Morgan fingerprint density at radius 2 is 1.72 bits per heavy atom. The minimum Gasteiger partial charge on any atom is -0.423 e. The predicted octanol–water partition coefficient (Wildman–Crippen LogP) is 4.85. The van der Waals surface area contributed by atoms with Gasteiger partial charge in [-0.1, -0.05) is 47.6 Å². The highest BCUT2D eigenvalue weighted by Gasteiger charge is 2.15. The van der Waals surface area contributed by atoms with Crippen LogP contribution in [0.3, 0.4) is 0 Å². The highest BCUT2D eigenvalue weighted by Crippen LogP contribution is 2.30. The van der Waals surface area contributed by atoms with Gasteiger partial charge in [0, 0.05) is 17.0 Å². The Morgan fingerprint density at radius 1 is 0.960 bits per heavy atom. The molecule has 4 nitrogen and oxygen atoms in total. The zero-order chi connectivity index (χ0) is 17.2. The molecule has 0 radical (unpaired) electrons. The van der Waals surface area contributed by atoms with Crippen molar-refractivity contribution in [3.05, 3.63) is 84.2 Å². The van der Waals surface area contributed by atoms with Gasteiger partial charge in [0.1, 0.15) is 17.3 Å². The Kier molecular flexibility index (Phi) is 3.74. The van der Waals surface area contributed by atoms with E-state index in [4.69, 9.17) is 9.26 Å². The van der Waals surface area contributed by atoms with E-state index in [0.717, 1.165) is 10.9 Å². The summed E-state index contributed by atoms with van der Waals surface area (Å²) in [7, 11) is 0. The second kappa shape index (κ2) is 6.20. The summed E-state index contributed by atoms with van der Waals surface area (Å²) >= 11 is 0. The summed E-state index contributed by atoms with van der Waals surface area (Å²) in [5.41, 5.74) is 2.00. The summed E-state index contributed by atoms with van der Waals surface area (Å²) in [6.07, 6.45) is 0. The van der Waals surface area contributed by atoms with E-state index in [-0.39, 0.29) is 11.3 Å². The van der Waals surface area contributed by atoms with E-state index in [1.165, 1.54) is 18.2 Å². The number of ether oxygens (including phenoxy) is 1. The van der Waals surface area contributed by atoms with Crippen molar-refractivity contribution in [3.8, 4) is 17.0 Å². The molecule has 1 heterocycles. The highest BCUT2D eigenvalue weighted by molar-refractivity contribution is 5.94. The minimum atomic E-state index is -0.764. The summed E-state index contributed by atoms with van der Waals surface area (Å²) < 4.78 is 24.2. The van der Waals surface area contributed by atoms with Crippen molar-refractivity contribution in [2.75, 3.05) is 0 Å². The van der Waals surface area contributed by atoms with E-state index >= 15 is 0 Å². The summed E-state index contributed by atoms with van der Waals surface area (Å²) in [6.45, 7) is 0. The fourth-order valence-electron chi connectivity index (χ4n) is 2.57. The van der Waals surface area contributed by atoms with Crippen LogP contribution in [0.5, 0.6) is 5.75 Å². The van der Waals surface area contributed by atoms with Crippen molar-refractivity contribution in [2.45, 2.75) is 0 Å². The van der Waals surface area contributed by atoms with Crippen LogP contribution in [-0.2, 0) is 0 Å². The first kappa shape index (κ1) is 15.1. The van der Waals surface area contributed by atoms with Crippen molar-refractivity contribution >= 4 is 16.9 Å². The lowest BCUT2D eigenvalue weighted by molar-refractivity contribution is 0.0730. The van der Waals surface area contributed by atoms with Crippen molar-refractivity contribution < 1.29 is 18.4 Å². The molecule has 0 fully saturated rings. The molecule has 0 aliphatic carbocycles. The molecule has 0 unspecified atom stereocenters. The fraction of sp³-hybridized carbons (Fsp3) is 0. The van der Waals surface area contributed by atoms with Crippen LogP contribution in [0.2, 0.25) is 0 Å². The zero-order valence-corrected chi connectivity index (χ0v) is 13.0. The van der Waals surface area contributed by atoms with Gasteiger partial charge in [-0.25, -0.2) is 9.18 Å². The number of carbonyl (C=O) groups is 1. The average molecular weight is 333 g/mol. The van der Waals surface area contributed by atoms with Crippen molar-refractivity contribution in [1.82, 2.24) is 5.16 Å². The number of carbonyl (C=O) groups excluding carboxylic acids is 1. The van der Waals surface area contributed by atoms with E-state index in [0.29, 0.717) is 11.3 Å². The summed E-state index contributed by atoms with van der Waals surface area (Å²) in [5, 5.41) is 4.89. The smallest absolute Gasteiger partial charge is 0.346 e. The number of nitrogens with zero attached hydrogens (tertiary/aromatic N) is 1. The first-order valence-corrected chi connectivity index (χ1v) is 7.64. The van der Waals surface area contributed by atoms with E-state index < -0.39 is 11.8 Å².